The molecule has 0 saturated carbocycles. The van der Waals surface area contributed by atoms with Gasteiger partial charge in [0.25, 0.3) is 5.91 Å². The van der Waals surface area contributed by atoms with Crippen molar-refractivity contribution < 1.29 is 9.63 Å². The monoisotopic (exact) mass is 337 g/mol. The summed E-state index contributed by atoms with van der Waals surface area (Å²) in [6, 6.07) is 2.00. The Morgan fingerprint density at radius 3 is 2.88 bits per heavy atom. The van der Waals surface area contributed by atoms with E-state index in [2.05, 4.69) is 22.9 Å². The highest BCUT2D eigenvalue weighted by Crippen LogP contribution is 2.37. The number of hydroxylamine groups is 2. The van der Waals surface area contributed by atoms with Crippen molar-refractivity contribution in [1.29, 1.82) is 0 Å². The molecule has 1 unspecified atom stereocenters. The molecular formula is C11H16BrNO2S2. The number of carbonyl (C=O) groups excluding carboxylic acids is 1. The topological polar surface area (TPSA) is 29.5 Å². The van der Waals surface area contributed by atoms with E-state index in [-0.39, 0.29) is 11.2 Å². The van der Waals surface area contributed by atoms with E-state index in [0.717, 1.165) is 21.5 Å². The molecule has 0 aliphatic carbocycles. The van der Waals surface area contributed by atoms with Gasteiger partial charge in [0.15, 0.2) is 0 Å². The average molecular weight is 338 g/mol. The number of thiophene rings is 1. The molecule has 0 N–H and O–H groups in total. The zero-order valence-corrected chi connectivity index (χ0v) is 13.3. The van der Waals surface area contributed by atoms with Gasteiger partial charge in [-0.25, -0.2) is 5.06 Å². The van der Waals surface area contributed by atoms with Crippen molar-refractivity contribution in [1.82, 2.24) is 5.06 Å². The first-order valence-electron chi connectivity index (χ1n) is 5.31. The average Bonchev–Trinajstić information content (AvgIpc) is 2.72. The van der Waals surface area contributed by atoms with Gasteiger partial charge in [0.05, 0.1) is 16.6 Å². The maximum absolute atomic E-state index is 12.1. The van der Waals surface area contributed by atoms with Crippen molar-refractivity contribution in [3.05, 3.63) is 15.9 Å². The van der Waals surface area contributed by atoms with Crippen molar-refractivity contribution in [2.45, 2.75) is 29.2 Å². The molecule has 0 aromatic carbocycles. The lowest BCUT2D eigenvalue weighted by Gasteiger charge is -2.20. The molecule has 96 valence electrons. The summed E-state index contributed by atoms with van der Waals surface area (Å²) >= 11 is 6.73. The summed E-state index contributed by atoms with van der Waals surface area (Å²) in [5, 5.41) is 3.23. The summed E-state index contributed by atoms with van der Waals surface area (Å²) in [6.45, 7) is 2.08. The highest BCUT2D eigenvalue weighted by molar-refractivity contribution is 9.10. The van der Waals surface area contributed by atoms with Crippen LogP contribution < -0.4 is 0 Å². The molecule has 1 aromatic rings. The summed E-state index contributed by atoms with van der Waals surface area (Å²) in [7, 11) is 3.15. The third-order valence-corrected chi connectivity index (χ3v) is 5.87. The molecule has 0 spiro atoms. The number of thioether (sulfide) groups is 1. The molecule has 0 fully saturated rings. The van der Waals surface area contributed by atoms with Crippen LogP contribution in [0.5, 0.6) is 0 Å². The van der Waals surface area contributed by atoms with Crippen molar-refractivity contribution in [3.63, 3.8) is 0 Å². The molecule has 1 aromatic heterocycles. The van der Waals surface area contributed by atoms with Crippen LogP contribution in [0.15, 0.2) is 20.1 Å². The minimum Gasteiger partial charge on any atom is -0.275 e. The fraction of sp³-hybridized carbons (Fsp3) is 0.545. The molecule has 17 heavy (non-hydrogen) atoms. The molecule has 1 amide bonds. The molecule has 0 radical (unpaired) electrons. The van der Waals surface area contributed by atoms with Gasteiger partial charge in [0.1, 0.15) is 0 Å². The zero-order valence-electron chi connectivity index (χ0n) is 10.1. The van der Waals surface area contributed by atoms with Crippen LogP contribution in [0.25, 0.3) is 0 Å². The van der Waals surface area contributed by atoms with Gasteiger partial charge in [-0.2, -0.15) is 0 Å². The standard InChI is InChI=1S/C11H16BrNO2S2/c1-4-5-9(10(14)13(2)15-3)17-11-8(12)6-7-16-11/h6-7,9H,4-5H2,1-3H3. The van der Waals surface area contributed by atoms with Crippen LogP contribution in [0.3, 0.4) is 0 Å². The van der Waals surface area contributed by atoms with Crippen LogP contribution in [0.4, 0.5) is 0 Å². The van der Waals surface area contributed by atoms with E-state index >= 15 is 0 Å². The first-order valence-corrected chi connectivity index (χ1v) is 7.86. The Kier molecular flexibility index (Phi) is 6.54. The highest BCUT2D eigenvalue weighted by Gasteiger charge is 2.24. The molecule has 0 bridgehead atoms. The van der Waals surface area contributed by atoms with Crippen LogP contribution in [0.1, 0.15) is 19.8 Å². The number of carbonyl (C=O) groups is 1. The van der Waals surface area contributed by atoms with Gasteiger partial charge in [0.2, 0.25) is 0 Å². The first-order chi connectivity index (χ1) is 8.10. The summed E-state index contributed by atoms with van der Waals surface area (Å²) in [6.07, 6.45) is 1.82. The van der Waals surface area contributed by atoms with Gasteiger partial charge in [-0.3, -0.25) is 9.63 Å². The van der Waals surface area contributed by atoms with E-state index < -0.39 is 0 Å². The Hall–Kier alpha value is -0.0400. The second-order valence-corrected chi connectivity index (χ2v) is 6.71. The van der Waals surface area contributed by atoms with Crippen molar-refractivity contribution in [2.75, 3.05) is 14.2 Å². The molecule has 3 nitrogen and oxygen atoms in total. The Bertz CT molecular complexity index is 370. The molecule has 0 aliphatic heterocycles. The van der Waals surface area contributed by atoms with Crippen LogP contribution in [0, 0.1) is 0 Å². The van der Waals surface area contributed by atoms with Crippen molar-refractivity contribution >= 4 is 44.9 Å². The van der Waals surface area contributed by atoms with Gasteiger partial charge in [-0.1, -0.05) is 13.3 Å². The third kappa shape index (κ3) is 4.28. The van der Waals surface area contributed by atoms with E-state index in [1.165, 1.54) is 12.2 Å². The van der Waals surface area contributed by atoms with E-state index in [1.807, 2.05) is 11.4 Å². The summed E-state index contributed by atoms with van der Waals surface area (Å²) in [4.78, 5) is 17.0. The maximum atomic E-state index is 12.1. The van der Waals surface area contributed by atoms with Crippen LogP contribution >= 0.6 is 39.0 Å². The smallest absolute Gasteiger partial charge is 0.259 e. The second-order valence-electron chi connectivity index (χ2n) is 3.47. The molecule has 1 heterocycles. The molecule has 0 saturated heterocycles. The number of halogens is 1. The fourth-order valence-corrected chi connectivity index (χ4v) is 4.44. The van der Waals surface area contributed by atoms with E-state index in [4.69, 9.17) is 4.84 Å². The van der Waals surface area contributed by atoms with Gasteiger partial charge in [-0.05, 0) is 33.8 Å². The minimum atomic E-state index is -0.0834. The Labute approximate surface area is 119 Å². The summed E-state index contributed by atoms with van der Waals surface area (Å²) in [5.41, 5.74) is 0. The highest BCUT2D eigenvalue weighted by atomic mass is 79.9. The second kappa shape index (κ2) is 7.41. The molecule has 1 atom stereocenters. The van der Waals surface area contributed by atoms with Crippen molar-refractivity contribution in [2.24, 2.45) is 0 Å². The quantitative estimate of drug-likeness (QED) is 0.584. The van der Waals surface area contributed by atoms with Crippen LogP contribution in [-0.2, 0) is 9.63 Å². The Morgan fingerprint density at radius 2 is 2.41 bits per heavy atom. The Balaban J connectivity index is 2.73. The summed E-state index contributed by atoms with van der Waals surface area (Å²) < 4.78 is 2.20. The van der Waals surface area contributed by atoms with E-state index in [1.54, 1.807) is 30.1 Å². The van der Waals surface area contributed by atoms with E-state index in [9.17, 15) is 4.79 Å². The van der Waals surface area contributed by atoms with Gasteiger partial charge < -0.3 is 0 Å². The zero-order chi connectivity index (χ0) is 12.8. The predicted octanol–water partition coefficient (Wildman–Crippen LogP) is 3.79. The number of rotatable bonds is 6. The molecular weight excluding hydrogens is 322 g/mol. The lowest BCUT2D eigenvalue weighted by Crippen LogP contribution is -2.33. The predicted molar refractivity (Wildman–Crippen MR) is 76.4 cm³/mol. The number of nitrogens with zero attached hydrogens (tertiary/aromatic N) is 1. The van der Waals surface area contributed by atoms with Crippen LogP contribution in [-0.4, -0.2) is 30.4 Å². The van der Waals surface area contributed by atoms with Crippen molar-refractivity contribution in [3.8, 4) is 0 Å². The molecule has 1 rings (SSSR count). The number of hydrogen-bond acceptors (Lipinski definition) is 4. The SMILES string of the molecule is CCCC(Sc1sccc1Br)C(=O)N(C)OC. The fourth-order valence-electron chi connectivity index (χ4n) is 1.28. The summed E-state index contributed by atoms with van der Waals surface area (Å²) in [5.74, 6) is 0.0136. The normalized spacial score (nSPS) is 12.5. The number of amides is 1. The largest absolute Gasteiger partial charge is 0.275 e. The lowest BCUT2D eigenvalue weighted by atomic mass is 10.2. The molecule has 0 aliphatic rings. The van der Waals surface area contributed by atoms with Crippen LogP contribution in [0.2, 0.25) is 0 Å². The Morgan fingerprint density at radius 1 is 1.71 bits per heavy atom. The lowest BCUT2D eigenvalue weighted by molar-refractivity contribution is -0.168. The van der Waals surface area contributed by atoms with Gasteiger partial charge in [0, 0.05) is 11.5 Å². The van der Waals surface area contributed by atoms with Gasteiger partial charge >= 0.3 is 0 Å². The minimum absolute atomic E-state index is 0.0136. The van der Waals surface area contributed by atoms with Gasteiger partial charge in [-0.15, -0.1) is 23.1 Å². The first kappa shape index (κ1) is 15.0. The number of hydrogen-bond donors (Lipinski definition) is 0. The maximum Gasteiger partial charge on any atom is 0.259 e. The molecule has 6 heteroatoms. The third-order valence-electron chi connectivity index (χ3n) is 2.24. The van der Waals surface area contributed by atoms with E-state index in [0.29, 0.717) is 0 Å².